The number of nitrogens with one attached hydrogen (secondary N) is 2. The third-order valence-electron chi connectivity index (χ3n) is 5.26. The van der Waals surface area contributed by atoms with Gasteiger partial charge in [-0.05, 0) is 38.5 Å². The molecule has 0 spiro atoms. The van der Waals surface area contributed by atoms with Crippen LogP contribution in [0.4, 0.5) is 0 Å². The molecule has 0 aliphatic carbocycles. The summed E-state index contributed by atoms with van der Waals surface area (Å²) < 4.78 is 5.69. The summed E-state index contributed by atoms with van der Waals surface area (Å²) in [7, 11) is 0. The Hall–Kier alpha value is -0.420. The summed E-state index contributed by atoms with van der Waals surface area (Å²) in [5, 5.41) is 46.5. The van der Waals surface area contributed by atoms with E-state index >= 15 is 0 Å². The highest BCUT2D eigenvalue weighted by atomic mass is 32.2. The van der Waals surface area contributed by atoms with Gasteiger partial charge in [0.15, 0.2) is 0 Å². The van der Waals surface area contributed by atoms with E-state index in [1.807, 2.05) is 0 Å². The minimum Gasteiger partial charge on any atom is -0.391 e. The van der Waals surface area contributed by atoms with E-state index in [0.717, 1.165) is 25.8 Å². The standard InChI is InChI=1S/C17H32N2O6S/c1-4-5-9-6-10(18-7-9)16(24)19-11(8(2)20)15-13(22)12(21)14(23)17(25-15)26-3/h8-15,17-18,20-23H,4-7H2,1-3H3,(H,19,24)/t8-,9-,10+,11?,12+,13+,14-,15-,17-/m1/s1. The highest BCUT2D eigenvalue weighted by Gasteiger charge is 2.48. The van der Waals surface area contributed by atoms with Crippen LogP contribution in [0.5, 0.6) is 0 Å². The lowest BCUT2D eigenvalue weighted by Crippen LogP contribution is -2.65. The Bertz CT molecular complexity index is 467. The second-order valence-electron chi connectivity index (χ2n) is 7.30. The normalized spacial score (nSPS) is 40.2. The minimum absolute atomic E-state index is 0.258. The van der Waals surface area contributed by atoms with Gasteiger partial charge in [0.1, 0.15) is 29.9 Å². The summed E-state index contributed by atoms with van der Waals surface area (Å²) in [6.07, 6.45) is -1.54. The Morgan fingerprint density at radius 1 is 1.31 bits per heavy atom. The Labute approximate surface area is 158 Å². The number of aliphatic hydroxyl groups is 4. The Morgan fingerprint density at radius 3 is 2.58 bits per heavy atom. The molecule has 26 heavy (non-hydrogen) atoms. The second kappa shape index (κ2) is 9.68. The first-order valence-corrected chi connectivity index (χ1v) is 10.5. The Balaban J connectivity index is 2.05. The molecule has 1 unspecified atom stereocenters. The van der Waals surface area contributed by atoms with Crippen molar-refractivity contribution in [2.75, 3.05) is 12.8 Å². The third kappa shape index (κ3) is 4.89. The van der Waals surface area contributed by atoms with E-state index in [4.69, 9.17) is 4.74 Å². The monoisotopic (exact) mass is 392 g/mol. The van der Waals surface area contributed by atoms with E-state index in [1.54, 1.807) is 6.26 Å². The molecule has 2 fully saturated rings. The van der Waals surface area contributed by atoms with Gasteiger partial charge in [0, 0.05) is 0 Å². The van der Waals surface area contributed by atoms with E-state index in [9.17, 15) is 25.2 Å². The molecule has 2 aliphatic heterocycles. The van der Waals surface area contributed by atoms with Crippen molar-refractivity contribution in [3.05, 3.63) is 0 Å². The molecule has 2 heterocycles. The first-order chi connectivity index (χ1) is 12.3. The van der Waals surface area contributed by atoms with Crippen molar-refractivity contribution in [2.45, 2.75) is 81.1 Å². The molecule has 0 aromatic rings. The van der Waals surface area contributed by atoms with Gasteiger partial charge in [-0.15, -0.1) is 11.8 Å². The lowest BCUT2D eigenvalue weighted by molar-refractivity contribution is -0.211. The first kappa shape index (κ1) is 21.9. The zero-order valence-electron chi connectivity index (χ0n) is 15.5. The van der Waals surface area contributed by atoms with Crippen LogP contribution in [-0.4, -0.2) is 87.2 Å². The number of aliphatic hydroxyl groups excluding tert-OH is 4. The maximum absolute atomic E-state index is 12.6. The molecule has 9 heteroatoms. The highest BCUT2D eigenvalue weighted by molar-refractivity contribution is 7.99. The van der Waals surface area contributed by atoms with Crippen molar-refractivity contribution in [1.82, 2.24) is 10.6 Å². The first-order valence-electron chi connectivity index (χ1n) is 9.24. The van der Waals surface area contributed by atoms with Crippen LogP contribution >= 0.6 is 11.8 Å². The van der Waals surface area contributed by atoms with Crippen LogP contribution < -0.4 is 10.6 Å². The number of carbonyl (C=O) groups excluding carboxylic acids is 1. The molecule has 8 nitrogen and oxygen atoms in total. The van der Waals surface area contributed by atoms with Crippen LogP contribution in [0, 0.1) is 5.92 Å². The highest BCUT2D eigenvalue weighted by Crippen LogP contribution is 2.29. The molecule has 1 amide bonds. The van der Waals surface area contributed by atoms with Gasteiger partial charge in [0.2, 0.25) is 5.91 Å². The molecule has 2 saturated heterocycles. The number of amides is 1. The fraction of sp³-hybridized carbons (Fsp3) is 0.941. The van der Waals surface area contributed by atoms with Gasteiger partial charge in [-0.25, -0.2) is 0 Å². The molecule has 0 saturated carbocycles. The van der Waals surface area contributed by atoms with Crippen LogP contribution in [0.3, 0.4) is 0 Å². The Kier molecular flexibility index (Phi) is 8.14. The summed E-state index contributed by atoms with van der Waals surface area (Å²) >= 11 is 1.19. The largest absolute Gasteiger partial charge is 0.391 e. The van der Waals surface area contributed by atoms with Crippen molar-refractivity contribution in [2.24, 2.45) is 5.92 Å². The summed E-state index contributed by atoms with van der Waals surface area (Å²) in [6, 6.07) is -1.25. The van der Waals surface area contributed by atoms with E-state index in [0.29, 0.717) is 5.92 Å². The van der Waals surface area contributed by atoms with Crippen molar-refractivity contribution < 1.29 is 30.0 Å². The number of carbonyl (C=O) groups is 1. The lowest BCUT2D eigenvalue weighted by atomic mass is 9.92. The number of hydrogen-bond acceptors (Lipinski definition) is 8. The van der Waals surface area contributed by atoms with Gasteiger partial charge in [-0.2, -0.15) is 0 Å². The smallest absolute Gasteiger partial charge is 0.237 e. The van der Waals surface area contributed by atoms with Crippen LogP contribution in [0.25, 0.3) is 0 Å². The molecule has 6 N–H and O–H groups in total. The third-order valence-corrected chi connectivity index (χ3v) is 6.11. The second-order valence-corrected chi connectivity index (χ2v) is 8.24. The fourth-order valence-electron chi connectivity index (χ4n) is 3.74. The quantitative estimate of drug-likeness (QED) is 0.319. The van der Waals surface area contributed by atoms with Crippen molar-refractivity contribution in [3.8, 4) is 0 Å². The zero-order chi connectivity index (χ0) is 19.4. The van der Waals surface area contributed by atoms with Crippen molar-refractivity contribution in [3.63, 3.8) is 0 Å². The minimum atomic E-state index is -1.42. The molecule has 0 aromatic carbocycles. The summed E-state index contributed by atoms with van der Waals surface area (Å²) in [6.45, 7) is 4.39. The molecule has 2 rings (SSSR count). The topological polar surface area (TPSA) is 131 Å². The van der Waals surface area contributed by atoms with Crippen LogP contribution in [0.1, 0.15) is 33.1 Å². The van der Waals surface area contributed by atoms with Crippen LogP contribution in [0.2, 0.25) is 0 Å². The number of hydrogen-bond donors (Lipinski definition) is 6. The molecule has 0 radical (unpaired) electrons. The summed E-state index contributed by atoms with van der Waals surface area (Å²) in [5.74, 6) is 0.196. The van der Waals surface area contributed by atoms with E-state index in [2.05, 4.69) is 17.6 Å². The molecular weight excluding hydrogens is 360 g/mol. The molecule has 0 bridgehead atoms. The van der Waals surface area contributed by atoms with Gasteiger partial charge in [-0.3, -0.25) is 4.79 Å². The van der Waals surface area contributed by atoms with E-state index in [-0.39, 0.29) is 11.9 Å². The van der Waals surface area contributed by atoms with Gasteiger partial charge in [-0.1, -0.05) is 13.3 Å². The average Bonchev–Trinajstić information content (AvgIpc) is 3.07. The van der Waals surface area contributed by atoms with Crippen molar-refractivity contribution >= 4 is 17.7 Å². The Morgan fingerprint density at radius 2 is 2.00 bits per heavy atom. The molecule has 9 atom stereocenters. The van der Waals surface area contributed by atoms with E-state index in [1.165, 1.54) is 18.7 Å². The molecule has 152 valence electrons. The summed E-state index contributed by atoms with van der Waals surface area (Å²) in [4.78, 5) is 12.6. The summed E-state index contributed by atoms with van der Waals surface area (Å²) in [5.41, 5.74) is -0.755. The molecular formula is C17H32N2O6S. The maximum atomic E-state index is 12.6. The predicted octanol–water partition coefficient (Wildman–Crippen LogP) is -1.20. The number of thioether (sulfide) groups is 1. The van der Waals surface area contributed by atoms with Crippen LogP contribution in [-0.2, 0) is 9.53 Å². The molecule has 2 aliphatic rings. The molecule has 0 aromatic heterocycles. The zero-order valence-corrected chi connectivity index (χ0v) is 16.4. The maximum Gasteiger partial charge on any atom is 0.237 e. The fourth-order valence-corrected chi connectivity index (χ4v) is 4.42. The van der Waals surface area contributed by atoms with Gasteiger partial charge in [0.25, 0.3) is 0 Å². The SMILES string of the molecule is CCC[C@H]1CN[C@H](C(=O)NC([C@H]2O[C@H](SC)[C@H](O)[C@@H](O)[C@@H]2O)[C@@H](C)O)C1. The lowest BCUT2D eigenvalue weighted by Gasteiger charge is -2.44. The average molecular weight is 393 g/mol. The number of rotatable bonds is 7. The van der Waals surface area contributed by atoms with Gasteiger partial charge < -0.3 is 35.8 Å². The van der Waals surface area contributed by atoms with Crippen molar-refractivity contribution in [1.29, 1.82) is 0 Å². The van der Waals surface area contributed by atoms with Crippen LogP contribution in [0.15, 0.2) is 0 Å². The van der Waals surface area contributed by atoms with Gasteiger partial charge >= 0.3 is 0 Å². The van der Waals surface area contributed by atoms with E-state index < -0.39 is 42.0 Å². The predicted molar refractivity (Wildman–Crippen MR) is 98.6 cm³/mol. The number of ether oxygens (including phenoxy) is 1. The van der Waals surface area contributed by atoms with Gasteiger partial charge in [0.05, 0.1) is 18.2 Å².